The zero-order valence-corrected chi connectivity index (χ0v) is 24.7. The summed E-state index contributed by atoms with van der Waals surface area (Å²) >= 11 is 6.25. The first-order chi connectivity index (χ1) is 18.1. The van der Waals surface area contributed by atoms with Gasteiger partial charge in [0.05, 0.1) is 11.6 Å². The van der Waals surface area contributed by atoms with Crippen LogP contribution >= 0.6 is 11.6 Å². The SMILES string of the molecule is CCCCCCCCCCC1CCC(CCC2CCC(/C=C/c3ccc(OCC)c(F)c3Cl)CC2)CC1. The molecule has 0 unspecified atom stereocenters. The lowest BCUT2D eigenvalue weighted by Gasteiger charge is -2.31. The van der Waals surface area contributed by atoms with Crippen molar-refractivity contribution in [1.29, 1.82) is 0 Å². The average Bonchev–Trinajstić information content (AvgIpc) is 2.92. The quantitative estimate of drug-likeness (QED) is 0.192. The third-order valence-corrected chi connectivity index (χ3v) is 9.62. The number of halogens is 2. The van der Waals surface area contributed by atoms with E-state index in [4.69, 9.17) is 16.3 Å². The van der Waals surface area contributed by atoms with Crippen molar-refractivity contribution in [1.82, 2.24) is 0 Å². The maximum Gasteiger partial charge on any atom is 0.184 e. The third-order valence-electron chi connectivity index (χ3n) is 9.23. The number of allylic oxidation sites excluding steroid dienone is 1. The van der Waals surface area contributed by atoms with Crippen LogP contribution in [0.2, 0.25) is 5.02 Å². The summed E-state index contributed by atoms with van der Waals surface area (Å²) in [6.45, 7) is 4.58. The van der Waals surface area contributed by atoms with Crippen LogP contribution in [0.3, 0.4) is 0 Å². The highest BCUT2D eigenvalue weighted by atomic mass is 35.5. The lowest BCUT2D eigenvalue weighted by Crippen LogP contribution is -2.17. The molecule has 0 bridgehead atoms. The van der Waals surface area contributed by atoms with Crippen molar-refractivity contribution in [3.05, 3.63) is 34.6 Å². The molecular weight excluding hydrogens is 479 g/mol. The molecule has 1 nitrogen and oxygen atoms in total. The second kappa shape index (κ2) is 17.5. The largest absolute Gasteiger partial charge is 0.491 e. The van der Waals surface area contributed by atoms with Gasteiger partial charge in [-0.15, -0.1) is 0 Å². The molecule has 0 radical (unpaired) electrons. The fourth-order valence-electron chi connectivity index (χ4n) is 6.70. The number of rotatable bonds is 16. The van der Waals surface area contributed by atoms with Crippen molar-refractivity contribution in [3.63, 3.8) is 0 Å². The summed E-state index contributed by atoms with van der Waals surface area (Å²) < 4.78 is 19.7. The van der Waals surface area contributed by atoms with E-state index in [-0.39, 0.29) is 10.8 Å². The second-order valence-corrected chi connectivity index (χ2v) is 12.5. The van der Waals surface area contributed by atoms with Gasteiger partial charge in [-0.3, -0.25) is 0 Å². The van der Waals surface area contributed by atoms with E-state index < -0.39 is 5.82 Å². The summed E-state index contributed by atoms with van der Waals surface area (Å²) in [5.74, 6) is 3.30. The first kappa shape index (κ1) is 30.5. The molecule has 3 rings (SSSR count). The Bertz CT molecular complexity index is 774. The zero-order valence-electron chi connectivity index (χ0n) is 23.9. The van der Waals surface area contributed by atoms with E-state index in [2.05, 4.69) is 13.0 Å². The van der Waals surface area contributed by atoms with Gasteiger partial charge in [-0.1, -0.05) is 127 Å². The number of ether oxygens (including phenoxy) is 1. The van der Waals surface area contributed by atoms with Crippen molar-refractivity contribution >= 4 is 17.7 Å². The van der Waals surface area contributed by atoms with E-state index >= 15 is 0 Å². The van der Waals surface area contributed by atoms with E-state index in [1.165, 1.54) is 122 Å². The molecule has 2 saturated carbocycles. The molecule has 1 aromatic rings. The highest BCUT2D eigenvalue weighted by molar-refractivity contribution is 6.32. The highest BCUT2D eigenvalue weighted by Crippen LogP contribution is 2.38. The molecule has 0 aromatic heterocycles. The van der Waals surface area contributed by atoms with Crippen LogP contribution in [0.1, 0.15) is 141 Å². The Balaban J connectivity index is 1.25. The van der Waals surface area contributed by atoms with Crippen molar-refractivity contribution in [3.8, 4) is 5.75 Å². The fourth-order valence-corrected chi connectivity index (χ4v) is 6.92. The summed E-state index contributed by atoms with van der Waals surface area (Å²) in [5.41, 5.74) is 0.753. The van der Waals surface area contributed by atoms with Crippen LogP contribution in [0.5, 0.6) is 5.75 Å². The Hall–Kier alpha value is -1.02. The van der Waals surface area contributed by atoms with Gasteiger partial charge in [0.15, 0.2) is 11.6 Å². The molecule has 0 amide bonds. The molecule has 0 N–H and O–H groups in total. The molecule has 210 valence electrons. The minimum absolute atomic E-state index is 0.170. The minimum Gasteiger partial charge on any atom is -0.491 e. The number of hydrogen-bond donors (Lipinski definition) is 0. The maximum absolute atomic E-state index is 14.4. The van der Waals surface area contributed by atoms with Gasteiger partial charge in [-0.2, -0.15) is 0 Å². The molecule has 0 spiro atoms. The summed E-state index contributed by atoms with van der Waals surface area (Å²) in [6.07, 6.45) is 31.3. The molecule has 1 aromatic carbocycles. The first-order valence-corrected chi connectivity index (χ1v) is 16.3. The Kier molecular flexibility index (Phi) is 14.5. The predicted octanol–water partition coefficient (Wildman–Crippen LogP) is 11.8. The normalized spacial score (nSPS) is 24.5. The van der Waals surface area contributed by atoms with Gasteiger partial charge in [0.1, 0.15) is 0 Å². The van der Waals surface area contributed by atoms with E-state index in [0.29, 0.717) is 12.5 Å². The van der Waals surface area contributed by atoms with E-state index in [9.17, 15) is 4.39 Å². The lowest BCUT2D eigenvalue weighted by atomic mass is 9.75. The van der Waals surface area contributed by atoms with Crippen LogP contribution in [0.4, 0.5) is 4.39 Å². The van der Waals surface area contributed by atoms with Crippen LogP contribution in [-0.2, 0) is 0 Å². The smallest absolute Gasteiger partial charge is 0.184 e. The topological polar surface area (TPSA) is 9.23 Å². The van der Waals surface area contributed by atoms with Gasteiger partial charge in [-0.05, 0) is 74.0 Å². The molecule has 3 heteroatoms. The molecule has 0 saturated heterocycles. The number of hydrogen-bond acceptors (Lipinski definition) is 1. The van der Waals surface area contributed by atoms with Crippen LogP contribution in [0.15, 0.2) is 18.2 Å². The molecule has 2 aliphatic carbocycles. The Morgan fingerprint density at radius 2 is 1.30 bits per heavy atom. The van der Waals surface area contributed by atoms with Crippen molar-refractivity contribution in [2.75, 3.05) is 6.61 Å². The van der Waals surface area contributed by atoms with E-state index in [1.54, 1.807) is 6.07 Å². The van der Waals surface area contributed by atoms with Gasteiger partial charge < -0.3 is 4.74 Å². The van der Waals surface area contributed by atoms with Gasteiger partial charge in [0.25, 0.3) is 0 Å². The van der Waals surface area contributed by atoms with Gasteiger partial charge in [-0.25, -0.2) is 4.39 Å². The first-order valence-electron chi connectivity index (χ1n) is 15.9. The summed E-state index contributed by atoms with van der Waals surface area (Å²) in [4.78, 5) is 0. The van der Waals surface area contributed by atoms with Gasteiger partial charge in [0.2, 0.25) is 0 Å². The standard InChI is InChI=1S/C34H54ClFO/c1-3-5-6-7-8-9-10-11-12-27-13-15-28(16-14-27)17-18-29-19-21-30(22-20-29)23-24-31-25-26-32(37-4-2)34(36)33(31)35/h23-30H,3-22H2,1-2H3/b24-23+. The van der Waals surface area contributed by atoms with Crippen molar-refractivity contribution in [2.24, 2.45) is 23.7 Å². The van der Waals surface area contributed by atoms with Crippen LogP contribution in [0.25, 0.3) is 6.08 Å². The van der Waals surface area contributed by atoms with E-state index in [0.717, 1.165) is 23.3 Å². The van der Waals surface area contributed by atoms with Crippen molar-refractivity contribution < 1.29 is 9.13 Å². The van der Waals surface area contributed by atoms with Crippen molar-refractivity contribution in [2.45, 2.75) is 136 Å². The zero-order chi connectivity index (χ0) is 26.3. The molecular formula is C34H54ClFO. The molecule has 0 atom stereocenters. The highest BCUT2D eigenvalue weighted by Gasteiger charge is 2.24. The molecule has 0 aliphatic heterocycles. The van der Waals surface area contributed by atoms with Gasteiger partial charge in [0, 0.05) is 0 Å². The Morgan fingerprint density at radius 1 is 0.757 bits per heavy atom. The summed E-state index contributed by atoms with van der Waals surface area (Å²) in [5, 5.41) is 0.170. The van der Waals surface area contributed by atoms with E-state index in [1.807, 2.05) is 19.1 Å². The van der Waals surface area contributed by atoms with Crippen LogP contribution < -0.4 is 4.74 Å². The molecule has 0 heterocycles. The molecule has 2 aliphatic rings. The average molecular weight is 533 g/mol. The monoisotopic (exact) mass is 532 g/mol. The third kappa shape index (κ3) is 10.9. The fraction of sp³-hybridized carbons (Fsp3) is 0.765. The second-order valence-electron chi connectivity index (χ2n) is 12.1. The molecule has 37 heavy (non-hydrogen) atoms. The predicted molar refractivity (Wildman–Crippen MR) is 159 cm³/mol. The number of unbranched alkanes of at least 4 members (excludes halogenated alkanes) is 7. The van der Waals surface area contributed by atoms with Gasteiger partial charge >= 0.3 is 0 Å². The number of benzene rings is 1. The summed E-state index contributed by atoms with van der Waals surface area (Å²) in [6, 6.07) is 3.55. The Morgan fingerprint density at radius 3 is 1.89 bits per heavy atom. The maximum atomic E-state index is 14.4. The summed E-state index contributed by atoms with van der Waals surface area (Å²) in [7, 11) is 0. The Labute approximate surface area is 233 Å². The molecule has 2 fully saturated rings. The minimum atomic E-state index is -0.448. The lowest BCUT2D eigenvalue weighted by molar-refractivity contribution is 0.219. The van der Waals surface area contributed by atoms with Crippen LogP contribution in [-0.4, -0.2) is 6.61 Å². The van der Waals surface area contributed by atoms with Crippen LogP contribution in [0, 0.1) is 29.5 Å².